The second kappa shape index (κ2) is 10.5. The van der Waals surface area contributed by atoms with E-state index in [1.807, 2.05) is 54.6 Å². The van der Waals surface area contributed by atoms with Crippen LogP contribution in [0.5, 0.6) is 0 Å². The van der Waals surface area contributed by atoms with E-state index in [0.717, 1.165) is 28.1 Å². The molecule has 48 heavy (non-hydrogen) atoms. The van der Waals surface area contributed by atoms with Gasteiger partial charge in [0.1, 0.15) is 0 Å². The zero-order valence-electron chi connectivity index (χ0n) is 26.8. The maximum atomic E-state index is 9.41. The highest BCUT2D eigenvalue weighted by molar-refractivity contribution is 5.90. The predicted molar refractivity (Wildman–Crippen MR) is 192 cm³/mol. The summed E-state index contributed by atoms with van der Waals surface area (Å²) in [4.78, 5) is 10.2. The first kappa shape index (κ1) is 28.1. The van der Waals surface area contributed by atoms with Crippen molar-refractivity contribution in [2.24, 2.45) is 0 Å². The fourth-order valence-electron chi connectivity index (χ4n) is 8.19. The Morgan fingerprint density at radius 2 is 0.979 bits per heavy atom. The largest absolute Gasteiger partial charge is 0.228 e. The van der Waals surface area contributed by atoms with Crippen LogP contribution in [0, 0.1) is 11.3 Å². The third kappa shape index (κ3) is 3.93. The maximum Gasteiger partial charge on any atom is 0.160 e. The van der Waals surface area contributed by atoms with Gasteiger partial charge in [-0.05, 0) is 68.8 Å². The molecule has 3 heteroatoms. The predicted octanol–water partition coefficient (Wildman–Crippen LogP) is 10.4. The van der Waals surface area contributed by atoms with Gasteiger partial charge in [0.15, 0.2) is 5.82 Å². The molecule has 0 saturated heterocycles. The zero-order valence-corrected chi connectivity index (χ0v) is 26.8. The van der Waals surface area contributed by atoms with E-state index < -0.39 is 5.41 Å². The molecule has 0 radical (unpaired) electrons. The van der Waals surface area contributed by atoms with Gasteiger partial charge in [0.05, 0.1) is 28.4 Å². The summed E-state index contributed by atoms with van der Waals surface area (Å²) in [5.74, 6) is 0.668. The van der Waals surface area contributed by atoms with E-state index in [1.54, 1.807) is 0 Å². The molecule has 226 valence electrons. The van der Waals surface area contributed by atoms with Gasteiger partial charge in [0.25, 0.3) is 0 Å². The van der Waals surface area contributed by atoms with E-state index in [9.17, 15) is 5.26 Å². The van der Waals surface area contributed by atoms with Crippen LogP contribution in [0.25, 0.3) is 45.0 Å². The molecular formula is C45H31N3. The minimum Gasteiger partial charge on any atom is -0.228 e. The first-order valence-corrected chi connectivity index (χ1v) is 16.4. The molecule has 0 saturated carbocycles. The van der Waals surface area contributed by atoms with Gasteiger partial charge in [0, 0.05) is 22.1 Å². The number of hydrogen-bond acceptors (Lipinski definition) is 3. The van der Waals surface area contributed by atoms with E-state index in [1.165, 1.54) is 44.5 Å². The van der Waals surface area contributed by atoms with Crippen LogP contribution in [0.1, 0.15) is 52.8 Å². The summed E-state index contributed by atoms with van der Waals surface area (Å²) < 4.78 is 0. The van der Waals surface area contributed by atoms with Crippen LogP contribution < -0.4 is 0 Å². The second-order valence-corrected chi connectivity index (χ2v) is 13.3. The van der Waals surface area contributed by atoms with Gasteiger partial charge in [0.2, 0.25) is 0 Å². The maximum absolute atomic E-state index is 9.41. The number of hydrogen-bond donors (Lipinski definition) is 0. The normalized spacial score (nSPS) is 14.4. The molecule has 1 aromatic heterocycles. The standard InChI is InChI=1S/C45H31N3/c1-44(2)36-16-8-10-18-38(36)45(39-19-11-9-17-37(39)44)35-15-7-6-14-33(35)34-25-24-32(26-40(34)45)42-27-41(30-22-20-29(28-46)21-23-30)47-43(48-42)31-12-4-3-5-13-31/h3-27H,1-2H3. The Morgan fingerprint density at radius 3 is 1.62 bits per heavy atom. The first-order valence-electron chi connectivity index (χ1n) is 16.4. The van der Waals surface area contributed by atoms with Crippen LogP contribution in [-0.2, 0) is 10.8 Å². The summed E-state index contributed by atoms with van der Waals surface area (Å²) >= 11 is 0. The van der Waals surface area contributed by atoms with Gasteiger partial charge < -0.3 is 0 Å². The molecule has 3 nitrogen and oxygen atoms in total. The van der Waals surface area contributed by atoms with Crippen LogP contribution >= 0.6 is 0 Å². The molecule has 7 aromatic rings. The van der Waals surface area contributed by atoms with E-state index in [2.05, 4.69) is 117 Å². The highest BCUT2D eigenvalue weighted by atomic mass is 14.9. The van der Waals surface area contributed by atoms with Crippen LogP contribution in [0.2, 0.25) is 0 Å². The van der Waals surface area contributed by atoms with Crippen molar-refractivity contribution in [3.8, 4) is 51.1 Å². The average molecular weight is 614 g/mol. The van der Waals surface area contributed by atoms with Gasteiger partial charge in [-0.15, -0.1) is 0 Å². The molecule has 0 unspecified atom stereocenters. The minimum atomic E-state index is -0.476. The lowest BCUT2D eigenvalue weighted by molar-refractivity contribution is 0.563. The van der Waals surface area contributed by atoms with Crippen LogP contribution in [0.15, 0.2) is 152 Å². The van der Waals surface area contributed by atoms with Crippen LogP contribution in [0.4, 0.5) is 0 Å². The number of benzene rings is 6. The van der Waals surface area contributed by atoms with Gasteiger partial charge in [-0.3, -0.25) is 0 Å². The van der Waals surface area contributed by atoms with Crippen molar-refractivity contribution in [3.05, 3.63) is 191 Å². The van der Waals surface area contributed by atoms with Gasteiger partial charge in [-0.1, -0.05) is 141 Å². The molecule has 1 heterocycles. The Bertz CT molecular complexity index is 2380. The fourth-order valence-corrected chi connectivity index (χ4v) is 8.19. The first-order chi connectivity index (χ1) is 23.5. The Balaban J connectivity index is 1.33. The number of nitrogens with zero attached hydrogens (tertiary/aromatic N) is 3. The van der Waals surface area contributed by atoms with Gasteiger partial charge in [-0.25, -0.2) is 9.97 Å². The monoisotopic (exact) mass is 613 g/mol. The van der Waals surface area contributed by atoms with E-state index in [0.29, 0.717) is 11.4 Å². The summed E-state index contributed by atoms with van der Waals surface area (Å²) in [5.41, 5.74) is 15.1. The molecule has 0 amide bonds. The van der Waals surface area contributed by atoms with E-state index in [-0.39, 0.29) is 5.41 Å². The molecule has 0 N–H and O–H groups in total. The number of nitriles is 1. The molecular weight excluding hydrogens is 583 g/mol. The molecule has 0 aliphatic heterocycles. The Kier molecular flexibility index (Phi) is 6.13. The molecule has 0 atom stereocenters. The summed E-state index contributed by atoms with van der Waals surface area (Å²) in [7, 11) is 0. The third-order valence-electron chi connectivity index (χ3n) is 10.4. The lowest BCUT2D eigenvalue weighted by Gasteiger charge is -2.46. The quantitative estimate of drug-likeness (QED) is 0.199. The third-order valence-corrected chi connectivity index (χ3v) is 10.4. The summed E-state index contributed by atoms with van der Waals surface area (Å²) in [6.07, 6.45) is 0. The van der Waals surface area contributed by atoms with Crippen molar-refractivity contribution in [1.29, 1.82) is 5.26 Å². The number of aromatic nitrogens is 2. The lowest BCUT2D eigenvalue weighted by atomic mass is 9.55. The SMILES string of the molecule is CC1(C)c2ccccc2C2(c3ccccc3-c3ccc(-c4cc(-c5ccc(C#N)cc5)nc(-c5ccccc5)n4)cc32)c2ccccc21. The lowest BCUT2D eigenvalue weighted by Crippen LogP contribution is -2.40. The Morgan fingerprint density at radius 1 is 0.458 bits per heavy atom. The molecule has 2 aliphatic carbocycles. The summed E-state index contributed by atoms with van der Waals surface area (Å²) in [6.45, 7) is 4.71. The molecule has 0 fully saturated rings. The van der Waals surface area contributed by atoms with E-state index >= 15 is 0 Å². The Labute approximate surface area is 280 Å². The average Bonchev–Trinajstić information content (AvgIpc) is 3.44. The number of rotatable bonds is 3. The van der Waals surface area contributed by atoms with Crippen LogP contribution in [0.3, 0.4) is 0 Å². The summed E-state index contributed by atoms with van der Waals surface area (Å²) in [5, 5.41) is 9.41. The molecule has 9 rings (SSSR count). The highest BCUT2D eigenvalue weighted by Gasteiger charge is 2.53. The Hall–Kier alpha value is -6.11. The molecule has 2 aliphatic rings. The minimum absolute atomic E-state index is 0.152. The fraction of sp³-hybridized carbons (Fsp3) is 0.0889. The van der Waals surface area contributed by atoms with Crippen molar-refractivity contribution in [2.75, 3.05) is 0 Å². The second-order valence-electron chi connectivity index (χ2n) is 13.3. The van der Waals surface area contributed by atoms with Crippen molar-refractivity contribution in [1.82, 2.24) is 9.97 Å². The van der Waals surface area contributed by atoms with Crippen molar-refractivity contribution >= 4 is 0 Å². The summed E-state index contributed by atoms with van der Waals surface area (Å²) in [6, 6.07) is 55.9. The molecule has 1 spiro atoms. The van der Waals surface area contributed by atoms with Crippen molar-refractivity contribution in [3.63, 3.8) is 0 Å². The van der Waals surface area contributed by atoms with Crippen LogP contribution in [-0.4, -0.2) is 9.97 Å². The van der Waals surface area contributed by atoms with Crippen molar-refractivity contribution in [2.45, 2.75) is 24.7 Å². The van der Waals surface area contributed by atoms with E-state index in [4.69, 9.17) is 9.97 Å². The zero-order chi connectivity index (χ0) is 32.5. The molecule has 0 bridgehead atoms. The van der Waals surface area contributed by atoms with Gasteiger partial charge in [-0.2, -0.15) is 5.26 Å². The number of fused-ring (bicyclic) bond motifs is 9. The highest BCUT2D eigenvalue weighted by Crippen LogP contribution is 2.62. The van der Waals surface area contributed by atoms with Crippen molar-refractivity contribution < 1.29 is 0 Å². The molecule has 6 aromatic carbocycles. The van der Waals surface area contributed by atoms with Gasteiger partial charge >= 0.3 is 0 Å². The smallest absolute Gasteiger partial charge is 0.160 e. The topological polar surface area (TPSA) is 49.6 Å².